The Morgan fingerprint density at radius 3 is 2.78 bits per heavy atom. The van der Waals surface area contributed by atoms with E-state index in [1.54, 1.807) is 4.98 Å². The number of rotatable bonds is 4. The number of nitriles is 1. The fourth-order valence-corrected chi connectivity index (χ4v) is 2.56. The number of phosphoric acid groups is 1. The highest BCUT2D eigenvalue weighted by Gasteiger charge is 2.43. The molecule has 0 saturated carbocycles. The van der Waals surface area contributed by atoms with Crippen molar-refractivity contribution in [2.24, 2.45) is 0 Å². The molecule has 11 nitrogen and oxygen atoms in total. The van der Waals surface area contributed by atoms with Gasteiger partial charge in [-0.3, -0.25) is 18.9 Å². The van der Waals surface area contributed by atoms with Crippen LogP contribution in [-0.2, 0) is 13.8 Å². The van der Waals surface area contributed by atoms with Crippen LogP contribution in [0.2, 0.25) is 0 Å². The predicted molar refractivity (Wildman–Crippen MR) is 68.3 cm³/mol. The first-order valence-corrected chi connectivity index (χ1v) is 7.63. The van der Waals surface area contributed by atoms with E-state index in [1.165, 1.54) is 6.07 Å². The van der Waals surface area contributed by atoms with Gasteiger partial charge in [0.25, 0.3) is 5.56 Å². The minimum absolute atomic E-state index is 0.293. The van der Waals surface area contributed by atoms with Crippen molar-refractivity contribution in [2.75, 3.05) is 0 Å². The third kappa shape index (κ3) is 3.91. The van der Waals surface area contributed by atoms with Crippen LogP contribution in [0.5, 0.6) is 0 Å². The van der Waals surface area contributed by atoms with Crippen molar-refractivity contribution < 1.29 is 33.1 Å². The van der Waals surface area contributed by atoms with Gasteiger partial charge in [-0.05, 0) is 0 Å². The maximum atomic E-state index is 13.3. The van der Waals surface area contributed by atoms with Crippen LogP contribution in [0.15, 0.2) is 15.8 Å². The molecule has 0 bridgehead atoms. The van der Waals surface area contributed by atoms with Crippen LogP contribution in [0, 0.1) is 17.1 Å². The van der Waals surface area contributed by atoms with E-state index in [0.29, 0.717) is 10.8 Å². The van der Waals surface area contributed by atoms with Gasteiger partial charge in [-0.2, -0.15) is 9.65 Å². The molecule has 126 valence electrons. The molecule has 2 heterocycles. The summed E-state index contributed by atoms with van der Waals surface area (Å²) in [6.07, 6.45) is -5.72. The molecule has 1 aliphatic rings. The molecule has 0 aliphatic carbocycles. The van der Waals surface area contributed by atoms with Gasteiger partial charge in [-0.1, -0.05) is 0 Å². The van der Waals surface area contributed by atoms with E-state index in [4.69, 9.17) is 19.8 Å². The number of aromatic amines is 1. The van der Waals surface area contributed by atoms with Crippen molar-refractivity contribution in [1.82, 2.24) is 9.55 Å². The lowest BCUT2D eigenvalue weighted by Gasteiger charge is -2.20. The molecule has 1 fully saturated rings. The molecular formula is C10H11FN3O8P. The lowest BCUT2D eigenvalue weighted by Crippen LogP contribution is -2.36. The molecule has 4 atom stereocenters. The number of aliphatic hydroxyl groups is 1. The number of hydrogen-bond donors (Lipinski definition) is 4. The standard InChI is InChI=1S/C10H11FN3O8P/c11-4-3-14(10(17)13-9(4)16)7-1-5(15)8(21-7)6(2-12)22-23(18,19)20/h3,5-8,15H,1H2,(H,13,16,17)(H2,18,19,20)/t5?,6-,7+,8-/m0/s1. The first kappa shape index (κ1) is 17.5. The highest BCUT2D eigenvalue weighted by Crippen LogP contribution is 2.41. The van der Waals surface area contributed by atoms with Crippen molar-refractivity contribution in [3.63, 3.8) is 0 Å². The van der Waals surface area contributed by atoms with Crippen molar-refractivity contribution in [3.05, 3.63) is 32.9 Å². The van der Waals surface area contributed by atoms with E-state index < -0.39 is 49.4 Å². The molecule has 1 aromatic heterocycles. The second-order valence-corrected chi connectivity index (χ2v) is 5.84. The number of phosphoric ester groups is 1. The minimum Gasteiger partial charge on any atom is -0.390 e. The van der Waals surface area contributed by atoms with Gasteiger partial charge in [0, 0.05) is 6.42 Å². The zero-order valence-corrected chi connectivity index (χ0v) is 12.1. The third-order valence-electron chi connectivity index (χ3n) is 3.05. The summed E-state index contributed by atoms with van der Waals surface area (Å²) in [7, 11) is -5.02. The third-order valence-corrected chi connectivity index (χ3v) is 3.55. The molecule has 1 saturated heterocycles. The fourth-order valence-electron chi connectivity index (χ4n) is 2.10. The van der Waals surface area contributed by atoms with E-state index in [-0.39, 0.29) is 6.42 Å². The van der Waals surface area contributed by atoms with Gasteiger partial charge >= 0.3 is 13.5 Å². The molecule has 1 aromatic rings. The van der Waals surface area contributed by atoms with Crippen molar-refractivity contribution >= 4 is 7.82 Å². The molecule has 0 aromatic carbocycles. The summed E-state index contributed by atoms with van der Waals surface area (Å²) in [5.74, 6) is -1.27. The van der Waals surface area contributed by atoms with Crippen molar-refractivity contribution in [3.8, 4) is 6.07 Å². The quantitative estimate of drug-likeness (QED) is 0.462. The van der Waals surface area contributed by atoms with Gasteiger partial charge in [-0.25, -0.2) is 9.36 Å². The maximum absolute atomic E-state index is 13.3. The Hall–Kier alpha value is -1.87. The second-order valence-electron chi connectivity index (χ2n) is 4.65. The topological polar surface area (TPSA) is 175 Å². The number of ether oxygens (including phenoxy) is 1. The fraction of sp³-hybridized carbons (Fsp3) is 0.500. The van der Waals surface area contributed by atoms with E-state index >= 15 is 0 Å². The molecule has 4 N–H and O–H groups in total. The van der Waals surface area contributed by atoms with E-state index in [9.17, 15) is 23.7 Å². The molecule has 1 aliphatic heterocycles. The Labute approximate surface area is 126 Å². The molecular weight excluding hydrogens is 340 g/mol. The number of aromatic nitrogens is 2. The number of aliphatic hydroxyl groups excluding tert-OH is 1. The zero-order valence-electron chi connectivity index (χ0n) is 11.2. The lowest BCUT2D eigenvalue weighted by molar-refractivity contribution is -0.0646. The predicted octanol–water partition coefficient (Wildman–Crippen LogP) is -1.67. The monoisotopic (exact) mass is 351 g/mol. The summed E-state index contributed by atoms with van der Waals surface area (Å²) < 4.78 is 34.1. The zero-order chi connectivity index (χ0) is 17.4. The van der Waals surface area contributed by atoms with Gasteiger partial charge in [0.15, 0.2) is 6.10 Å². The SMILES string of the molecule is N#C[C@H](OP(=O)(O)O)[C@H]1O[C@@H](n2cc(F)c(=O)[nH]c2=O)CC1O. The largest absolute Gasteiger partial charge is 0.470 e. The summed E-state index contributed by atoms with van der Waals surface area (Å²) in [6.45, 7) is 0. The van der Waals surface area contributed by atoms with Crippen LogP contribution in [0.25, 0.3) is 0 Å². The van der Waals surface area contributed by atoms with Gasteiger partial charge in [-0.15, -0.1) is 0 Å². The summed E-state index contributed by atoms with van der Waals surface area (Å²) >= 11 is 0. The van der Waals surface area contributed by atoms with Crippen LogP contribution >= 0.6 is 7.82 Å². The van der Waals surface area contributed by atoms with Gasteiger partial charge < -0.3 is 19.6 Å². The molecule has 0 amide bonds. The second kappa shape index (κ2) is 6.32. The molecule has 23 heavy (non-hydrogen) atoms. The van der Waals surface area contributed by atoms with Crippen molar-refractivity contribution in [1.29, 1.82) is 5.26 Å². The summed E-state index contributed by atoms with van der Waals surface area (Å²) in [5.41, 5.74) is -2.25. The Bertz CT molecular complexity index is 795. The number of H-pyrrole nitrogens is 1. The maximum Gasteiger partial charge on any atom is 0.470 e. The molecule has 0 radical (unpaired) electrons. The van der Waals surface area contributed by atoms with Crippen LogP contribution in [0.1, 0.15) is 12.6 Å². The summed E-state index contributed by atoms with van der Waals surface area (Å²) in [4.78, 5) is 41.7. The van der Waals surface area contributed by atoms with E-state index in [2.05, 4.69) is 4.52 Å². The van der Waals surface area contributed by atoms with E-state index in [1.807, 2.05) is 0 Å². The average molecular weight is 351 g/mol. The number of halogens is 1. The molecule has 0 spiro atoms. The van der Waals surface area contributed by atoms with Gasteiger partial charge in [0.2, 0.25) is 5.82 Å². The van der Waals surface area contributed by atoms with Crippen LogP contribution in [0.4, 0.5) is 4.39 Å². The molecule has 1 unspecified atom stereocenters. The normalized spacial score (nSPS) is 26.0. The van der Waals surface area contributed by atoms with E-state index in [0.717, 1.165) is 0 Å². The first-order chi connectivity index (χ1) is 10.6. The Kier molecular flexibility index (Phi) is 4.81. The average Bonchev–Trinajstić information content (AvgIpc) is 2.81. The van der Waals surface area contributed by atoms with Crippen molar-refractivity contribution in [2.45, 2.75) is 31.0 Å². The first-order valence-electron chi connectivity index (χ1n) is 6.10. The number of nitrogens with zero attached hydrogens (tertiary/aromatic N) is 2. The number of hydrogen-bond acceptors (Lipinski definition) is 7. The summed E-state index contributed by atoms with van der Waals surface area (Å²) in [6, 6.07) is 1.42. The van der Waals surface area contributed by atoms with Gasteiger partial charge in [0.05, 0.1) is 18.4 Å². The lowest BCUT2D eigenvalue weighted by atomic mass is 10.1. The number of nitrogens with one attached hydrogen (secondary N) is 1. The Balaban J connectivity index is 2.26. The summed E-state index contributed by atoms with van der Waals surface area (Å²) in [5, 5.41) is 18.7. The Morgan fingerprint density at radius 1 is 1.57 bits per heavy atom. The molecule has 2 rings (SSSR count). The smallest absolute Gasteiger partial charge is 0.390 e. The van der Waals surface area contributed by atoms with Gasteiger partial charge in [0.1, 0.15) is 12.3 Å². The van der Waals surface area contributed by atoms with Crippen LogP contribution in [0.3, 0.4) is 0 Å². The van der Waals surface area contributed by atoms with Crippen LogP contribution < -0.4 is 11.2 Å². The minimum atomic E-state index is -5.02. The highest BCUT2D eigenvalue weighted by atomic mass is 31.2. The highest BCUT2D eigenvalue weighted by molar-refractivity contribution is 7.46. The van der Waals surface area contributed by atoms with Crippen LogP contribution in [-0.4, -0.2) is 42.8 Å². The molecule has 13 heteroatoms. The Morgan fingerprint density at radius 2 is 2.22 bits per heavy atom.